The van der Waals surface area contributed by atoms with Crippen LogP contribution in [-0.2, 0) is 10.0 Å². The number of aryl methyl sites for hydroxylation is 1. The van der Waals surface area contributed by atoms with Gasteiger partial charge in [-0.3, -0.25) is 4.79 Å². The molecule has 0 atom stereocenters. The lowest BCUT2D eigenvalue weighted by Gasteiger charge is -2.15. The molecule has 7 nitrogen and oxygen atoms in total. The van der Waals surface area contributed by atoms with E-state index in [-0.39, 0.29) is 16.2 Å². The molecule has 1 heterocycles. The van der Waals surface area contributed by atoms with Crippen molar-refractivity contribution >= 4 is 26.6 Å². The summed E-state index contributed by atoms with van der Waals surface area (Å²) in [6, 6.07) is 10.8. The van der Waals surface area contributed by atoms with E-state index in [0.717, 1.165) is 3.97 Å². The molecule has 0 aliphatic rings. The number of nitrogen functional groups attached to an aromatic ring is 1. The van der Waals surface area contributed by atoms with E-state index in [9.17, 15) is 13.2 Å². The Morgan fingerprint density at radius 2 is 1.73 bits per heavy atom. The van der Waals surface area contributed by atoms with Crippen molar-refractivity contribution < 1.29 is 17.9 Å². The van der Waals surface area contributed by atoms with E-state index in [4.69, 9.17) is 15.2 Å². The third kappa shape index (κ3) is 2.78. The molecule has 0 aliphatic heterocycles. The van der Waals surface area contributed by atoms with E-state index in [0.29, 0.717) is 22.4 Å². The standard InChI is InChI=1S/C18H18N2O5S/c1-11-8-12-4-5-13(19)9-15(12)20(18(11)21)26(22,23)17-10-14(24-2)6-7-16(17)25-3/h4-10H,19H2,1-3H3. The summed E-state index contributed by atoms with van der Waals surface area (Å²) in [5, 5.41) is 0.585. The molecule has 0 fully saturated rings. The summed E-state index contributed by atoms with van der Waals surface area (Å²) in [6.45, 7) is 1.56. The maximum Gasteiger partial charge on any atom is 0.275 e. The third-order valence-corrected chi connectivity index (χ3v) is 5.77. The average Bonchev–Trinajstić information content (AvgIpc) is 2.62. The Kier molecular flexibility index (Phi) is 4.37. The highest BCUT2D eigenvalue weighted by molar-refractivity contribution is 7.90. The van der Waals surface area contributed by atoms with Gasteiger partial charge in [0.05, 0.1) is 19.7 Å². The van der Waals surface area contributed by atoms with Crippen LogP contribution in [0.1, 0.15) is 5.56 Å². The van der Waals surface area contributed by atoms with Gasteiger partial charge in [-0.15, -0.1) is 0 Å². The van der Waals surface area contributed by atoms with Crippen LogP contribution < -0.4 is 20.8 Å². The van der Waals surface area contributed by atoms with E-state index >= 15 is 0 Å². The molecule has 0 amide bonds. The summed E-state index contributed by atoms with van der Waals surface area (Å²) in [4.78, 5) is 12.6. The van der Waals surface area contributed by atoms with Gasteiger partial charge in [-0.05, 0) is 42.6 Å². The van der Waals surface area contributed by atoms with E-state index in [1.165, 1.54) is 32.4 Å². The lowest BCUT2D eigenvalue weighted by molar-refractivity contribution is 0.392. The van der Waals surface area contributed by atoms with E-state index in [2.05, 4.69) is 0 Å². The fraction of sp³-hybridized carbons (Fsp3) is 0.167. The normalized spacial score (nSPS) is 11.5. The summed E-state index contributed by atoms with van der Waals surface area (Å²) in [5.41, 5.74) is 6.01. The Bertz CT molecular complexity index is 1170. The first kappa shape index (κ1) is 17.8. The quantitative estimate of drug-likeness (QED) is 0.702. The number of fused-ring (bicyclic) bond motifs is 1. The minimum atomic E-state index is -4.27. The topological polar surface area (TPSA) is 101 Å². The van der Waals surface area contributed by atoms with Crippen molar-refractivity contribution in [3.05, 3.63) is 58.4 Å². The summed E-state index contributed by atoms with van der Waals surface area (Å²) in [6.07, 6.45) is 0. The van der Waals surface area contributed by atoms with E-state index in [1.807, 2.05) is 0 Å². The first-order valence-corrected chi connectivity index (χ1v) is 9.13. The number of hydrogen-bond donors (Lipinski definition) is 1. The Hall–Kier alpha value is -3.00. The van der Waals surface area contributed by atoms with Crippen molar-refractivity contribution in [2.24, 2.45) is 0 Å². The van der Waals surface area contributed by atoms with Gasteiger partial charge < -0.3 is 15.2 Å². The number of rotatable bonds is 4. The lowest BCUT2D eigenvalue weighted by atomic mass is 10.1. The number of nitrogens with zero attached hydrogens (tertiary/aromatic N) is 1. The first-order chi connectivity index (χ1) is 12.3. The molecule has 2 aromatic carbocycles. The highest BCUT2D eigenvalue weighted by Gasteiger charge is 2.26. The summed E-state index contributed by atoms with van der Waals surface area (Å²) in [5.74, 6) is 0.435. The van der Waals surface area contributed by atoms with Crippen molar-refractivity contribution in [2.75, 3.05) is 20.0 Å². The molecule has 0 bridgehead atoms. The second-order valence-corrected chi connectivity index (χ2v) is 7.49. The summed E-state index contributed by atoms with van der Waals surface area (Å²) < 4.78 is 37.8. The van der Waals surface area contributed by atoms with Crippen LogP contribution in [0.15, 0.2) is 52.2 Å². The Balaban J connectivity index is 2.45. The first-order valence-electron chi connectivity index (χ1n) is 7.69. The monoisotopic (exact) mass is 374 g/mol. The molecule has 1 aromatic heterocycles. The zero-order chi connectivity index (χ0) is 19.1. The lowest BCUT2D eigenvalue weighted by Crippen LogP contribution is -2.29. The van der Waals surface area contributed by atoms with Crippen LogP contribution in [0.2, 0.25) is 0 Å². The highest BCUT2D eigenvalue weighted by Crippen LogP contribution is 2.31. The van der Waals surface area contributed by atoms with Crippen LogP contribution in [0.25, 0.3) is 10.9 Å². The van der Waals surface area contributed by atoms with Crippen molar-refractivity contribution in [3.63, 3.8) is 0 Å². The van der Waals surface area contributed by atoms with Crippen LogP contribution in [-0.4, -0.2) is 26.6 Å². The molecule has 0 spiro atoms. The van der Waals surface area contributed by atoms with Crippen LogP contribution in [0, 0.1) is 6.92 Å². The summed E-state index contributed by atoms with van der Waals surface area (Å²) >= 11 is 0. The zero-order valence-corrected chi connectivity index (χ0v) is 15.3. The fourth-order valence-corrected chi connectivity index (χ4v) is 4.39. The molecule has 3 aromatic rings. The number of aromatic nitrogens is 1. The number of hydrogen-bond acceptors (Lipinski definition) is 6. The van der Waals surface area contributed by atoms with Gasteiger partial charge in [0.15, 0.2) is 0 Å². The Morgan fingerprint density at radius 3 is 2.38 bits per heavy atom. The average molecular weight is 374 g/mol. The Morgan fingerprint density at radius 1 is 1.00 bits per heavy atom. The molecule has 136 valence electrons. The van der Waals surface area contributed by atoms with Gasteiger partial charge >= 0.3 is 0 Å². The third-order valence-electron chi connectivity index (χ3n) is 4.06. The molecule has 0 saturated carbocycles. The summed E-state index contributed by atoms with van der Waals surface area (Å²) in [7, 11) is -1.49. The van der Waals surface area contributed by atoms with Gasteiger partial charge in [0.1, 0.15) is 16.4 Å². The number of methoxy groups -OCH3 is 2. The van der Waals surface area contributed by atoms with Gasteiger partial charge in [0, 0.05) is 17.3 Å². The molecule has 2 N–H and O–H groups in total. The molecule has 0 saturated heterocycles. The number of anilines is 1. The maximum absolute atomic E-state index is 13.4. The van der Waals surface area contributed by atoms with Crippen molar-refractivity contribution in [1.29, 1.82) is 0 Å². The molecular formula is C18H18N2O5S. The van der Waals surface area contributed by atoms with Gasteiger partial charge in [-0.1, -0.05) is 6.07 Å². The zero-order valence-electron chi connectivity index (χ0n) is 14.5. The van der Waals surface area contributed by atoms with Crippen LogP contribution in [0.4, 0.5) is 5.69 Å². The minimum absolute atomic E-state index is 0.108. The van der Waals surface area contributed by atoms with Crippen LogP contribution in [0.3, 0.4) is 0 Å². The number of benzene rings is 2. The van der Waals surface area contributed by atoms with Crippen molar-refractivity contribution in [2.45, 2.75) is 11.8 Å². The molecule has 0 aliphatic carbocycles. The van der Waals surface area contributed by atoms with Gasteiger partial charge in [0.25, 0.3) is 15.6 Å². The fourth-order valence-electron chi connectivity index (χ4n) is 2.75. The predicted molar refractivity (Wildman–Crippen MR) is 99.5 cm³/mol. The Labute approximate surface area is 150 Å². The van der Waals surface area contributed by atoms with E-state index < -0.39 is 15.6 Å². The van der Waals surface area contributed by atoms with Crippen molar-refractivity contribution in [3.8, 4) is 11.5 Å². The number of pyridine rings is 1. The van der Waals surface area contributed by atoms with Crippen molar-refractivity contribution in [1.82, 2.24) is 3.97 Å². The predicted octanol–water partition coefficient (Wildman–Crippen LogP) is 2.15. The molecule has 0 radical (unpaired) electrons. The van der Waals surface area contributed by atoms with Gasteiger partial charge in [-0.2, -0.15) is 3.97 Å². The largest absolute Gasteiger partial charge is 0.497 e. The number of nitrogens with two attached hydrogens (primary N) is 1. The molecule has 8 heteroatoms. The SMILES string of the molecule is COc1ccc(OC)c(S(=O)(=O)n2c(=O)c(C)cc3ccc(N)cc32)c1. The second kappa shape index (κ2) is 6.38. The van der Waals surface area contributed by atoms with Crippen LogP contribution >= 0.6 is 0 Å². The molecule has 0 unspecified atom stereocenters. The maximum atomic E-state index is 13.4. The smallest absolute Gasteiger partial charge is 0.275 e. The molecule has 26 heavy (non-hydrogen) atoms. The van der Waals surface area contributed by atoms with Gasteiger partial charge in [-0.25, -0.2) is 8.42 Å². The minimum Gasteiger partial charge on any atom is -0.497 e. The van der Waals surface area contributed by atoms with E-state index in [1.54, 1.807) is 31.2 Å². The highest BCUT2D eigenvalue weighted by atomic mass is 32.2. The second-order valence-electron chi connectivity index (χ2n) is 5.74. The molecule has 3 rings (SSSR count). The van der Waals surface area contributed by atoms with Crippen LogP contribution in [0.5, 0.6) is 11.5 Å². The van der Waals surface area contributed by atoms with Gasteiger partial charge in [0.2, 0.25) is 0 Å². The molecular weight excluding hydrogens is 356 g/mol. The number of ether oxygens (including phenoxy) is 2.